The molecule has 0 unspecified atom stereocenters. The second-order valence-electron chi connectivity index (χ2n) is 5.95. The van der Waals surface area contributed by atoms with E-state index in [1.807, 2.05) is 7.11 Å². The predicted octanol–water partition coefficient (Wildman–Crippen LogP) is 4.44. The van der Waals surface area contributed by atoms with Crippen LogP contribution < -0.4 is 0 Å². The van der Waals surface area contributed by atoms with Crippen LogP contribution in [0.5, 0.6) is 0 Å². The standard InChI is InChI=1S/C15H26O.H2S/c1-4-6-12-8-9-13-14(16-3)7-5-10-15(13,2)11-12;/h8,13-14H,4-7,9-11H2,1-3H3;1H2/t13-,14-,15+;/m0./s1. The Bertz CT molecular complexity index is 274. The van der Waals surface area contributed by atoms with E-state index in [-0.39, 0.29) is 13.5 Å². The molecule has 3 atom stereocenters. The van der Waals surface area contributed by atoms with E-state index < -0.39 is 0 Å². The third kappa shape index (κ3) is 3.08. The molecule has 0 aromatic rings. The Kier molecular flexibility index (Phi) is 5.59. The molecule has 1 saturated carbocycles. The summed E-state index contributed by atoms with van der Waals surface area (Å²) in [6, 6.07) is 0. The van der Waals surface area contributed by atoms with E-state index in [1.165, 1.54) is 44.9 Å². The van der Waals surface area contributed by atoms with E-state index in [0.29, 0.717) is 11.5 Å². The van der Waals surface area contributed by atoms with Crippen LogP contribution in [-0.2, 0) is 4.74 Å². The van der Waals surface area contributed by atoms with Crippen molar-refractivity contribution in [2.75, 3.05) is 7.11 Å². The van der Waals surface area contributed by atoms with Crippen molar-refractivity contribution in [1.29, 1.82) is 0 Å². The first-order chi connectivity index (χ1) is 7.69. The zero-order valence-corrected chi connectivity index (χ0v) is 12.6. The Balaban J connectivity index is 0.00000144. The quantitative estimate of drug-likeness (QED) is 0.678. The van der Waals surface area contributed by atoms with Crippen molar-refractivity contribution in [2.24, 2.45) is 11.3 Å². The van der Waals surface area contributed by atoms with Gasteiger partial charge < -0.3 is 4.74 Å². The smallest absolute Gasteiger partial charge is 0.0607 e. The Morgan fingerprint density at radius 2 is 2.24 bits per heavy atom. The van der Waals surface area contributed by atoms with Crippen LogP contribution in [-0.4, -0.2) is 13.2 Å². The van der Waals surface area contributed by atoms with Gasteiger partial charge in [0.15, 0.2) is 0 Å². The Morgan fingerprint density at radius 3 is 2.88 bits per heavy atom. The topological polar surface area (TPSA) is 9.23 Å². The van der Waals surface area contributed by atoms with Gasteiger partial charge in [0.2, 0.25) is 0 Å². The minimum atomic E-state index is 0. The van der Waals surface area contributed by atoms with E-state index in [1.54, 1.807) is 5.57 Å². The van der Waals surface area contributed by atoms with E-state index in [4.69, 9.17) is 4.74 Å². The molecule has 0 radical (unpaired) electrons. The minimum Gasteiger partial charge on any atom is -0.381 e. The molecule has 0 saturated heterocycles. The molecular formula is C15H28OS. The molecule has 100 valence electrons. The zero-order valence-electron chi connectivity index (χ0n) is 11.6. The van der Waals surface area contributed by atoms with Crippen LogP contribution in [0.4, 0.5) is 0 Å². The highest BCUT2D eigenvalue weighted by atomic mass is 32.1. The SMILES string of the molecule is CCCC1=CC[C@H]2[C@@H](OC)CCC[C@]2(C)C1.S. The number of fused-ring (bicyclic) bond motifs is 1. The summed E-state index contributed by atoms with van der Waals surface area (Å²) in [5.74, 6) is 0.770. The molecular weight excluding hydrogens is 228 g/mol. The second kappa shape index (κ2) is 6.29. The molecule has 0 aromatic heterocycles. The summed E-state index contributed by atoms with van der Waals surface area (Å²) in [7, 11) is 1.89. The zero-order chi connectivity index (χ0) is 11.6. The average Bonchev–Trinajstić information content (AvgIpc) is 2.27. The lowest BCUT2D eigenvalue weighted by Gasteiger charge is -2.48. The molecule has 2 aliphatic carbocycles. The Hall–Kier alpha value is 0.0500. The molecule has 0 aliphatic heterocycles. The summed E-state index contributed by atoms with van der Waals surface area (Å²) < 4.78 is 5.69. The average molecular weight is 256 g/mol. The van der Waals surface area contributed by atoms with Crippen molar-refractivity contribution >= 4 is 13.5 Å². The fourth-order valence-electron chi connectivity index (χ4n) is 3.88. The predicted molar refractivity (Wildman–Crippen MR) is 78.9 cm³/mol. The van der Waals surface area contributed by atoms with E-state index in [2.05, 4.69) is 19.9 Å². The number of allylic oxidation sites excluding steroid dienone is 2. The van der Waals surface area contributed by atoms with Crippen LogP contribution in [0.1, 0.15) is 58.8 Å². The lowest BCUT2D eigenvalue weighted by Crippen LogP contribution is -2.42. The minimum absolute atomic E-state index is 0. The highest BCUT2D eigenvalue weighted by Gasteiger charge is 2.43. The first-order valence-electron chi connectivity index (χ1n) is 6.90. The van der Waals surface area contributed by atoms with Crippen molar-refractivity contribution in [2.45, 2.75) is 64.9 Å². The van der Waals surface area contributed by atoms with Crippen molar-refractivity contribution < 1.29 is 4.74 Å². The highest BCUT2D eigenvalue weighted by molar-refractivity contribution is 7.59. The molecule has 0 spiro atoms. The number of hydrogen-bond donors (Lipinski definition) is 0. The van der Waals surface area contributed by atoms with Crippen LogP contribution in [0.2, 0.25) is 0 Å². The van der Waals surface area contributed by atoms with Gasteiger partial charge in [0.05, 0.1) is 6.10 Å². The fraction of sp³-hybridized carbons (Fsp3) is 0.867. The van der Waals surface area contributed by atoms with Gasteiger partial charge in [-0.2, -0.15) is 13.5 Å². The van der Waals surface area contributed by atoms with E-state index >= 15 is 0 Å². The van der Waals surface area contributed by atoms with Crippen LogP contribution in [0.15, 0.2) is 11.6 Å². The van der Waals surface area contributed by atoms with Crippen molar-refractivity contribution in [3.05, 3.63) is 11.6 Å². The maximum Gasteiger partial charge on any atom is 0.0607 e. The van der Waals surface area contributed by atoms with Gasteiger partial charge in [-0.15, -0.1) is 0 Å². The molecule has 2 rings (SSSR count). The lowest BCUT2D eigenvalue weighted by molar-refractivity contribution is -0.0471. The molecule has 0 N–H and O–H groups in total. The third-order valence-electron chi connectivity index (χ3n) is 4.75. The second-order valence-corrected chi connectivity index (χ2v) is 5.95. The maximum absolute atomic E-state index is 5.69. The summed E-state index contributed by atoms with van der Waals surface area (Å²) in [6.07, 6.45) is 12.2. The summed E-state index contributed by atoms with van der Waals surface area (Å²) in [4.78, 5) is 0. The molecule has 1 fully saturated rings. The van der Waals surface area contributed by atoms with Crippen LogP contribution in [0.25, 0.3) is 0 Å². The summed E-state index contributed by atoms with van der Waals surface area (Å²) in [5.41, 5.74) is 2.23. The van der Waals surface area contributed by atoms with Crippen LogP contribution in [0.3, 0.4) is 0 Å². The molecule has 17 heavy (non-hydrogen) atoms. The Morgan fingerprint density at radius 1 is 1.47 bits per heavy atom. The van der Waals surface area contributed by atoms with Gasteiger partial charge in [0, 0.05) is 7.11 Å². The first-order valence-corrected chi connectivity index (χ1v) is 6.90. The molecule has 1 nitrogen and oxygen atoms in total. The van der Waals surface area contributed by atoms with Crippen molar-refractivity contribution in [3.63, 3.8) is 0 Å². The molecule has 0 amide bonds. The summed E-state index contributed by atoms with van der Waals surface area (Å²) >= 11 is 0. The maximum atomic E-state index is 5.69. The van der Waals surface area contributed by atoms with Gasteiger partial charge in [-0.25, -0.2) is 0 Å². The van der Waals surface area contributed by atoms with Gasteiger partial charge in [-0.1, -0.05) is 38.3 Å². The largest absolute Gasteiger partial charge is 0.381 e. The van der Waals surface area contributed by atoms with Crippen LogP contribution in [0, 0.1) is 11.3 Å². The van der Waals surface area contributed by atoms with Gasteiger partial charge in [-0.05, 0) is 43.4 Å². The normalized spacial score (nSPS) is 36.8. The Labute approximate surface area is 113 Å². The van der Waals surface area contributed by atoms with E-state index in [9.17, 15) is 0 Å². The third-order valence-corrected chi connectivity index (χ3v) is 4.75. The molecule has 0 bridgehead atoms. The fourth-order valence-corrected chi connectivity index (χ4v) is 3.88. The summed E-state index contributed by atoms with van der Waals surface area (Å²) in [5, 5.41) is 0. The number of methoxy groups -OCH3 is 1. The van der Waals surface area contributed by atoms with Crippen molar-refractivity contribution in [3.8, 4) is 0 Å². The molecule has 0 heterocycles. The van der Waals surface area contributed by atoms with E-state index in [0.717, 1.165) is 5.92 Å². The van der Waals surface area contributed by atoms with Crippen LogP contribution >= 0.6 is 13.5 Å². The number of hydrogen-bond acceptors (Lipinski definition) is 1. The first kappa shape index (κ1) is 15.1. The van der Waals surface area contributed by atoms with Gasteiger partial charge in [0.1, 0.15) is 0 Å². The van der Waals surface area contributed by atoms with Gasteiger partial charge in [0.25, 0.3) is 0 Å². The lowest BCUT2D eigenvalue weighted by atomic mass is 9.59. The highest BCUT2D eigenvalue weighted by Crippen LogP contribution is 2.51. The number of rotatable bonds is 3. The van der Waals surface area contributed by atoms with Gasteiger partial charge >= 0.3 is 0 Å². The number of ether oxygens (including phenoxy) is 1. The van der Waals surface area contributed by atoms with Gasteiger partial charge in [-0.3, -0.25) is 0 Å². The molecule has 2 heteroatoms. The summed E-state index contributed by atoms with van der Waals surface area (Å²) in [6.45, 7) is 4.78. The monoisotopic (exact) mass is 256 g/mol. The molecule has 0 aromatic carbocycles. The van der Waals surface area contributed by atoms with Crippen molar-refractivity contribution in [1.82, 2.24) is 0 Å². The molecule has 2 aliphatic rings.